The predicted molar refractivity (Wildman–Crippen MR) is 143 cm³/mol. The molecule has 0 saturated carbocycles. The Bertz CT molecular complexity index is 1190. The van der Waals surface area contributed by atoms with Gasteiger partial charge in [-0.05, 0) is 53.0 Å². The van der Waals surface area contributed by atoms with Crippen molar-refractivity contribution in [1.29, 1.82) is 0 Å². The first-order valence-corrected chi connectivity index (χ1v) is 14.3. The maximum atomic E-state index is 13.5. The van der Waals surface area contributed by atoms with Gasteiger partial charge >= 0.3 is 12.1 Å². The topological polar surface area (TPSA) is 101 Å². The third-order valence-corrected chi connectivity index (χ3v) is 9.07. The molecule has 1 fully saturated rings. The molecular formula is C27H33F3N2O4S2. The number of alkyl halides is 3. The zero-order valence-electron chi connectivity index (χ0n) is 21.7. The number of ketones is 1. The molecule has 1 saturated heterocycles. The average molecular weight is 571 g/mol. The van der Waals surface area contributed by atoms with Crippen molar-refractivity contribution in [2.45, 2.75) is 69.3 Å². The lowest BCUT2D eigenvalue weighted by atomic mass is 9.74. The van der Waals surface area contributed by atoms with E-state index in [1.54, 1.807) is 23.1 Å². The van der Waals surface area contributed by atoms with Gasteiger partial charge in [-0.3, -0.25) is 9.59 Å². The predicted octanol–water partition coefficient (Wildman–Crippen LogP) is 6.13. The fourth-order valence-electron chi connectivity index (χ4n) is 4.90. The van der Waals surface area contributed by atoms with Gasteiger partial charge in [-0.2, -0.15) is 13.2 Å². The number of piperidine rings is 1. The second kappa shape index (κ2) is 12.2. The standard InChI is InChI=1S/C25H32N2O2S2.C2HF3O2/c1-4-30-24-21-19(13-25(2,3)14-20(21)28)22(31-24)23(29)27-10-8-17(9-11-27)18-7-5-6-16(12-18)15-26;3-2(4,5)1(6)7/h5-7,12,17H,4,8-11,13-15,26H2,1-3H3;(H,6,7). The fraction of sp³-hybridized carbons (Fsp3) is 0.519. The lowest BCUT2D eigenvalue weighted by Crippen LogP contribution is -2.38. The monoisotopic (exact) mass is 570 g/mol. The summed E-state index contributed by atoms with van der Waals surface area (Å²) in [5, 5.41) is 7.12. The molecule has 11 heteroatoms. The maximum Gasteiger partial charge on any atom is 0.490 e. The van der Waals surface area contributed by atoms with Gasteiger partial charge in [0.2, 0.25) is 0 Å². The number of amides is 1. The molecular weight excluding hydrogens is 537 g/mol. The molecule has 0 atom stereocenters. The van der Waals surface area contributed by atoms with Crippen molar-refractivity contribution in [1.82, 2.24) is 4.90 Å². The lowest BCUT2D eigenvalue weighted by molar-refractivity contribution is -0.192. The molecule has 6 nitrogen and oxygen atoms in total. The van der Waals surface area contributed by atoms with E-state index in [9.17, 15) is 22.8 Å². The van der Waals surface area contributed by atoms with Crippen LogP contribution in [0.15, 0.2) is 28.5 Å². The Labute approximate surface area is 228 Å². The summed E-state index contributed by atoms with van der Waals surface area (Å²) >= 11 is 3.24. The molecule has 0 radical (unpaired) electrons. The number of benzene rings is 1. The van der Waals surface area contributed by atoms with Crippen molar-refractivity contribution >= 4 is 40.8 Å². The Morgan fingerprint density at radius 2 is 1.84 bits per heavy atom. The first kappa shape index (κ1) is 30.2. The maximum absolute atomic E-state index is 13.5. The lowest BCUT2D eigenvalue weighted by Gasteiger charge is -2.33. The minimum atomic E-state index is -5.08. The number of thiophene rings is 1. The molecule has 1 aromatic carbocycles. The van der Waals surface area contributed by atoms with Gasteiger partial charge in [0, 0.05) is 31.6 Å². The second-order valence-corrected chi connectivity index (χ2v) is 12.8. The van der Waals surface area contributed by atoms with Gasteiger partial charge in [0.1, 0.15) is 0 Å². The second-order valence-electron chi connectivity index (χ2n) is 10.3. The Morgan fingerprint density at radius 3 is 2.39 bits per heavy atom. The van der Waals surface area contributed by atoms with Crippen LogP contribution < -0.4 is 5.73 Å². The number of carboxylic acid groups (broad SMARTS) is 1. The third-order valence-electron chi connectivity index (χ3n) is 6.70. The van der Waals surface area contributed by atoms with Crippen LogP contribution in [0.2, 0.25) is 0 Å². The third kappa shape index (κ3) is 7.18. The molecule has 1 aliphatic heterocycles. The Kier molecular flexibility index (Phi) is 9.70. The van der Waals surface area contributed by atoms with Crippen molar-refractivity contribution in [3.05, 3.63) is 51.4 Å². The summed E-state index contributed by atoms with van der Waals surface area (Å²) in [6.45, 7) is 8.44. The van der Waals surface area contributed by atoms with E-state index in [2.05, 4.69) is 45.0 Å². The van der Waals surface area contributed by atoms with E-state index in [0.717, 1.165) is 63.9 Å². The summed E-state index contributed by atoms with van der Waals surface area (Å²) in [5.41, 5.74) is 10.1. The number of rotatable bonds is 5. The quantitative estimate of drug-likeness (QED) is 0.420. The average Bonchev–Trinajstić information content (AvgIpc) is 3.21. The number of fused-ring (bicyclic) bond motifs is 1. The molecule has 4 rings (SSSR count). The van der Waals surface area contributed by atoms with Crippen LogP contribution in [0.3, 0.4) is 0 Å². The van der Waals surface area contributed by atoms with Crippen LogP contribution in [0.5, 0.6) is 0 Å². The molecule has 2 aliphatic rings. The summed E-state index contributed by atoms with van der Waals surface area (Å²) in [4.78, 5) is 38.2. The number of halogens is 3. The molecule has 2 aromatic rings. The number of carbonyl (C=O) groups excluding carboxylic acids is 2. The number of carbonyl (C=O) groups is 3. The molecule has 38 heavy (non-hydrogen) atoms. The number of thioether (sulfide) groups is 1. The summed E-state index contributed by atoms with van der Waals surface area (Å²) in [6.07, 6.45) is -1.78. The highest BCUT2D eigenvalue weighted by Gasteiger charge is 2.39. The molecule has 208 valence electrons. The number of likely N-dealkylation sites (tertiary alicyclic amines) is 1. The zero-order chi connectivity index (χ0) is 28.3. The zero-order valence-corrected chi connectivity index (χ0v) is 23.3. The molecule has 0 spiro atoms. The van der Waals surface area contributed by atoms with E-state index >= 15 is 0 Å². The number of nitrogens with two attached hydrogens (primary N) is 1. The highest BCUT2D eigenvalue weighted by Crippen LogP contribution is 2.45. The smallest absolute Gasteiger partial charge is 0.475 e. The van der Waals surface area contributed by atoms with E-state index in [-0.39, 0.29) is 17.1 Å². The summed E-state index contributed by atoms with van der Waals surface area (Å²) in [7, 11) is 0. The molecule has 0 unspecified atom stereocenters. The SMILES string of the molecule is CCSc1sc(C(=O)N2CCC(c3cccc(CN)c3)CC2)c2c1C(=O)CC(C)(C)C2.O=C(O)C(F)(F)F. The minimum absolute atomic E-state index is 0.0880. The fourth-order valence-corrected chi connectivity index (χ4v) is 7.42. The first-order chi connectivity index (χ1) is 17.8. The molecule has 0 bridgehead atoms. The summed E-state index contributed by atoms with van der Waals surface area (Å²) < 4.78 is 32.8. The molecule has 1 aliphatic carbocycles. The van der Waals surface area contributed by atoms with E-state index in [1.807, 2.05) is 4.90 Å². The highest BCUT2D eigenvalue weighted by atomic mass is 32.2. The van der Waals surface area contributed by atoms with E-state index in [1.165, 1.54) is 5.56 Å². The first-order valence-electron chi connectivity index (χ1n) is 12.5. The number of aliphatic carboxylic acids is 1. The number of hydrogen-bond acceptors (Lipinski definition) is 6. The van der Waals surface area contributed by atoms with Crippen LogP contribution in [0.25, 0.3) is 0 Å². The number of Topliss-reactive ketones (excluding diaryl/α,β-unsaturated/α-hetero) is 1. The van der Waals surface area contributed by atoms with Gasteiger partial charge in [0.25, 0.3) is 5.91 Å². The van der Waals surface area contributed by atoms with Crippen LogP contribution in [0.1, 0.15) is 82.7 Å². The molecule has 2 heterocycles. The Balaban J connectivity index is 0.000000505. The number of nitrogens with zero attached hydrogens (tertiary/aromatic N) is 1. The van der Waals surface area contributed by atoms with Gasteiger partial charge in [-0.25, -0.2) is 4.79 Å². The molecule has 3 N–H and O–H groups in total. The highest BCUT2D eigenvalue weighted by molar-refractivity contribution is 8.01. The van der Waals surface area contributed by atoms with Gasteiger partial charge in [-0.1, -0.05) is 45.0 Å². The van der Waals surface area contributed by atoms with Crippen LogP contribution in [-0.2, 0) is 17.8 Å². The normalized spacial score (nSPS) is 17.4. The van der Waals surface area contributed by atoms with Crippen molar-refractivity contribution in [3.63, 3.8) is 0 Å². The summed E-state index contributed by atoms with van der Waals surface area (Å²) in [6, 6.07) is 8.54. The number of carboxylic acids is 1. The van der Waals surface area contributed by atoms with Gasteiger partial charge in [0.15, 0.2) is 5.78 Å². The van der Waals surface area contributed by atoms with Crippen molar-refractivity contribution in [2.24, 2.45) is 11.1 Å². The Morgan fingerprint density at radius 1 is 1.21 bits per heavy atom. The van der Waals surface area contributed by atoms with Crippen LogP contribution in [0, 0.1) is 5.41 Å². The van der Waals surface area contributed by atoms with Gasteiger partial charge in [0.05, 0.1) is 9.09 Å². The number of hydrogen-bond donors (Lipinski definition) is 2. The van der Waals surface area contributed by atoms with E-state index < -0.39 is 12.1 Å². The molecule has 1 amide bonds. The van der Waals surface area contributed by atoms with Crippen LogP contribution in [-0.4, -0.2) is 52.7 Å². The van der Waals surface area contributed by atoms with Gasteiger partial charge < -0.3 is 15.7 Å². The van der Waals surface area contributed by atoms with Crippen molar-refractivity contribution < 1.29 is 32.7 Å². The van der Waals surface area contributed by atoms with Crippen LogP contribution >= 0.6 is 23.1 Å². The van der Waals surface area contributed by atoms with Gasteiger partial charge in [-0.15, -0.1) is 23.1 Å². The summed E-state index contributed by atoms with van der Waals surface area (Å²) in [5.74, 6) is -1.06. The molecule has 1 aromatic heterocycles. The van der Waals surface area contributed by atoms with Crippen molar-refractivity contribution in [3.8, 4) is 0 Å². The largest absolute Gasteiger partial charge is 0.490 e. The minimum Gasteiger partial charge on any atom is -0.475 e. The Hall–Kier alpha value is -2.37. The van der Waals surface area contributed by atoms with Crippen molar-refractivity contribution in [2.75, 3.05) is 18.8 Å². The van der Waals surface area contributed by atoms with Crippen LogP contribution in [0.4, 0.5) is 13.2 Å². The van der Waals surface area contributed by atoms with E-state index in [4.69, 9.17) is 15.6 Å². The van der Waals surface area contributed by atoms with E-state index in [0.29, 0.717) is 18.9 Å².